The van der Waals surface area contributed by atoms with E-state index in [1.54, 1.807) is 53.2 Å². The Bertz CT molecular complexity index is 872. The maximum absolute atomic E-state index is 13.9. The first-order valence-electron chi connectivity index (χ1n) is 9.61. The molecule has 1 unspecified atom stereocenters. The number of methoxy groups -OCH3 is 1. The summed E-state index contributed by atoms with van der Waals surface area (Å²) in [5.41, 5.74) is 0. The van der Waals surface area contributed by atoms with Crippen molar-refractivity contribution in [1.29, 1.82) is 0 Å². The smallest absolute Gasteiger partial charge is 0.323 e. The molecule has 6 nitrogen and oxygen atoms in total. The molecular weight excluding hydrogens is 413 g/mol. The number of carbonyl (C=O) groups excluding carboxylic acids is 1. The number of ether oxygens (including phenoxy) is 2. The molecule has 1 aliphatic rings. The van der Waals surface area contributed by atoms with Crippen LogP contribution in [0.3, 0.4) is 0 Å². The topological polar surface area (TPSA) is 65.1 Å². The van der Waals surface area contributed by atoms with E-state index in [1.807, 2.05) is 6.92 Å². The second-order valence-electron chi connectivity index (χ2n) is 6.75. The van der Waals surface area contributed by atoms with Crippen LogP contribution in [-0.4, -0.2) is 36.9 Å². The standard InChI is InChI=1S/C21H25ClNO5P/c1-3-5-20(21(24)26-2)23-14-4-15-27-29(23,25)19-12-10-18(11-13-19)28-17-8-6-16(22)7-9-17/h6-13,20H,3-5,14-15H2,1-2H3/t20-,29?/m1/s1. The minimum Gasteiger partial charge on any atom is -0.468 e. The number of nitrogens with zero attached hydrogens (tertiary/aromatic N) is 1. The molecule has 0 bridgehead atoms. The molecule has 1 fully saturated rings. The molecule has 29 heavy (non-hydrogen) atoms. The van der Waals surface area contributed by atoms with Crippen LogP contribution < -0.4 is 10.0 Å². The number of carbonyl (C=O) groups is 1. The summed E-state index contributed by atoms with van der Waals surface area (Å²) < 4.78 is 32.1. The van der Waals surface area contributed by atoms with E-state index in [2.05, 4.69) is 0 Å². The number of rotatable bonds is 7. The van der Waals surface area contributed by atoms with Gasteiger partial charge in [-0.25, -0.2) is 4.67 Å². The molecular formula is C21H25ClNO5P. The van der Waals surface area contributed by atoms with Crippen LogP contribution >= 0.6 is 19.1 Å². The minimum atomic E-state index is -3.38. The Morgan fingerprint density at radius 2 is 1.79 bits per heavy atom. The van der Waals surface area contributed by atoms with Crippen molar-refractivity contribution in [1.82, 2.24) is 4.67 Å². The largest absolute Gasteiger partial charge is 0.468 e. The molecule has 0 N–H and O–H groups in total. The predicted molar refractivity (Wildman–Crippen MR) is 113 cm³/mol. The zero-order valence-corrected chi connectivity index (χ0v) is 18.2. The Hall–Kier alpha value is -1.85. The molecule has 1 aliphatic heterocycles. The fraction of sp³-hybridized carbons (Fsp3) is 0.381. The van der Waals surface area contributed by atoms with Crippen LogP contribution in [0.5, 0.6) is 11.5 Å². The third kappa shape index (κ3) is 5.01. The Morgan fingerprint density at radius 1 is 1.17 bits per heavy atom. The molecule has 8 heteroatoms. The van der Waals surface area contributed by atoms with E-state index in [4.69, 9.17) is 25.6 Å². The van der Waals surface area contributed by atoms with Gasteiger partial charge in [0, 0.05) is 11.6 Å². The van der Waals surface area contributed by atoms with Gasteiger partial charge < -0.3 is 14.0 Å². The van der Waals surface area contributed by atoms with E-state index in [0.29, 0.717) is 47.8 Å². The summed E-state index contributed by atoms with van der Waals surface area (Å²) in [6.45, 7) is 2.88. The number of benzene rings is 2. The van der Waals surface area contributed by atoms with Gasteiger partial charge in [-0.05, 0) is 61.4 Å². The first kappa shape index (κ1) is 21.8. The normalized spacial score (nSPS) is 20.8. The third-order valence-electron chi connectivity index (χ3n) is 4.74. The second-order valence-corrected chi connectivity index (χ2v) is 9.51. The van der Waals surface area contributed by atoms with E-state index < -0.39 is 13.6 Å². The average Bonchev–Trinajstić information content (AvgIpc) is 2.74. The summed E-state index contributed by atoms with van der Waals surface area (Å²) in [7, 11) is -2.03. The lowest BCUT2D eigenvalue weighted by Gasteiger charge is -2.39. The third-order valence-corrected chi connectivity index (χ3v) is 7.63. The Kier molecular flexibility index (Phi) is 7.36. The Labute approximate surface area is 176 Å². The van der Waals surface area contributed by atoms with Crippen molar-refractivity contribution in [3.8, 4) is 11.5 Å². The lowest BCUT2D eigenvalue weighted by atomic mass is 10.1. The van der Waals surface area contributed by atoms with Crippen LogP contribution in [0.2, 0.25) is 5.02 Å². The van der Waals surface area contributed by atoms with Crippen LogP contribution in [0.4, 0.5) is 0 Å². The monoisotopic (exact) mass is 437 g/mol. The van der Waals surface area contributed by atoms with Crippen LogP contribution in [-0.2, 0) is 18.6 Å². The summed E-state index contributed by atoms with van der Waals surface area (Å²) in [6.07, 6.45) is 2.03. The second kappa shape index (κ2) is 9.77. The maximum atomic E-state index is 13.9. The van der Waals surface area contributed by atoms with Gasteiger partial charge in [-0.15, -0.1) is 0 Å². The summed E-state index contributed by atoms with van der Waals surface area (Å²) in [4.78, 5) is 12.3. The zero-order chi connectivity index (χ0) is 20.9. The van der Waals surface area contributed by atoms with Crippen molar-refractivity contribution in [2.24, 2.45) is 0 Å². The zero-order valence-electron chi connectivity index (χ0n) is 16.5. The molecule has 2 aromatic carbocycles. The van der Waals surface area contributed by atoms with E-state index in [-0.39, 0.29) is 5.97 Å². The molecule has 0 spiro atoms. The van der Waals surface area contributed by atoms with Gasteiger partial charge in [0.15, 0.2) is 0 Å². The number of hydrogen-bond acceptors (Lipinski definition) is 5. The first-order valence-corrected chi connectivity index (χ1v) is 11.6. The highest BCUT2D eigenvalue weighted by molar-refractivity contribution is 7.64. The lowest BCUT2D eigenvalue weighted by Crippen LogP contribution is -2.45. The van der Waals surface area contributed by atoms with Crippen molar-refractivity contribution in [3.63, 3.8) is 0 Å². The van der Waals surface area contributed by atoms with E-state index >= 15 is 0 Å². The van der Waals surface area contributed by atoms with Gasteiger partial charge in [0.05, 0.1) is 19.0 Å². The van der Waals surface area contributed by atoms with Crippen LogP contribution in [0.1, 0.15) is 26.2 Å². The summed E-state index contributed by atoms with van der Waals surface area (Å²) in [6, 6.07) is 13.4. The van der Waals surface area contributed by atoms with Crippen molar-refractivity contribution in [2.75, 3.05) is 20.3 Å². The number of halogens is 1. The molecule has 0 amide bonds. The van der Waals surface area contributed by atoms with Gasteiger partial charge in [0.1, 0.15) is 17.5 Å². The molecule has 0 aromatic heterocycles. The SMILES string of the molecule is CCC[C@H](C(=O)OC)N1CCCOP1(=O)c1ccc(Oc2ccc(Cl)cc2)cc1. The van der Waals surface area contributed by atoms with Gasteiger partial charge in [-0.1, -0.05) is 24.9 Å². The van der Waals surface area contributed by atoms with Crippen molar-refractivity contribution >= 4 is 30.4 Å². The Morgan fingerprint density at radius 3 is 2.38 bits per heavy atom. The molecule has 3 rings (SSSR count). The molecule has 0 saturated carbocycles. The highest BCUT2D eigenvalue weighted by Gasteiger charge is 2.43. The van der Waals surface area contributed by atoms with Gasteiger partial charge in [0.2, 0.25) is 0 Å². The van der Waals surface area contributed by atoms with Gasteiger partial charge in [-0.2, -0.15) is 0 Å². The van der Waals surface area contributed by atoms with Gasteiger partial charge in [0.25, 0.3) is 0 Å². The number of hydrogen-bond donors (Lipinski definition) is 0. The predicted octanol–water partition coefficient (Wildman–Crippen LogP) is 5.01. The van der Waals surface area contributed by atoms with E-state index in [0.717, 1.165) is 6.42 Å². The fourth-order valence-electron chi connectivity index (χ4n) is 3.32. The van der Waals surface area contributed by atoms with Crippen molar-refractivity contribution < 1.29 is 23.4 Å². The van der Waals surface area contributed by atoms with Gasteiger partial charge >= 0.3 is 13.5 Å². The maximum Gasteiger partial charge on any atom is 0.323 e. The fourth-order valence-corrected chi connectivity index (χ4v) is 5.93. The highest BCUT2D eigenvalue weighted by atomic mass is 35.5. The van der Waals surface area contributed by atoms with Crippen LogP contribution in [0.15, 0.2) is 48.5 Å². The average molecular weight is 438 g/mol. The highest BCUT2D eigenvalue weighted by Crippen LogP contribution is 2.54. The molecule has 2 aromatic rings. The molecule has 2 atom stereocenters. The lowest BCUT2D eigenvalue weighted by molar-refractivity contribution is -0.145. The Balaban J connectivity index is 1.84. The van der Waals surface area contributed by atoms with E-state index in [1.165, 1.54) is 7.11 Å². The molecule has 1 saturated heterocycles. The molecule has 1 heterocycles. The van der Waals surface area contributed by atoms with E-state index in [9.17, 15) is 9.36 Å². The quantitative estimate of drug-likeness (QED) is 0.448. The summed E-state index contributed by atoms with van der Waals surface area (Å²) in [5.74, 6) is 0.864. The van der Waals surface area contributed by atoms with Gasteiger partial charge in [-0.3, -0.25) is 9.36 Å². The summed E-state index contributed by atoms with van der Waals surface area (Å²) >= 11 is 5.89. The van der Waals surface area contributed by atoms with Crippen LogP contribution in [0.25, 0.3) is 0 Å². The van der Waals surface area contributed by atoms with Crippen molar-refractivity contribution in [3.05, 3.63) is 53.6 Å². The van der Waals surface area contributed by atoms with Crippen molar-refractivity contribution in [2.45, 2.75) is 32.2 Å². The summed E-state index contributed by atoms with van der Waals surface area (Å²) in [5, 5.41) is 1.17. The molecule has 0 radical (unpaired) electrons. The first-order chi connectivity index (χ1) is 14.0. The number of esters is 1. The van der Waals surface area contributed by atoms with Crippen LogP contribution in [0, 0.1) is 0 Å². The minimum absolute atomic E-state index is 0.386. The molecule has 0 aliphatic carbocycles. The molecule has 156 valence electrons.